The van der Waals surface area contributed by atoms with Gasteiger partial charge in [-0.05, 0) is 62.2 Å². The Hall–Kier alpha value is -3.61. The third-order valence-electron chi connectivity index (χ3n) is 7.18. The summed E-state index contributed by atoms with van der Waals surface area (Å²) in [6.45, 7) is 0. The second kappa shape index (κ2) is 6.45. The summed E-state index contributed by atoms with van der Waals surface area (Å²) in [4.78, 5) is 0. The summed E-state index contributed by atoms with van der Waals surface area (Å²) < 4.78 is 0. The minimum Gasteiger partial charge on any atom is -0.0837 e. The van der Waals surface area contributed by atoms with Gasteiger partial charge in [0.15, 0.2) is 0 Å². The van der Waals surface area contributed by atoms with Crippen molar-refractivity contribution in [1.82, 2.24) is 0 Å². The van der Waals surface area contributed by atoms with Crippen LogP contribution in [0.2, 0.25) is 5.02 Å². The molecule has 0 radical (unpaired) electrons. The lowest BCUT2D eigenvalue weighted by molar-refractivity contribution is 0.794. The first-order valence-electron chi connectivity index (χ1n) is 11.0. The molecule has 5 aromatic carbocycles. The first-order valence-corrected chi connectivity index (χ1v) is 11.4. The van der Waals surface area contributed by atoms with E-state index in [1.165, 1.54) is 44.5 Å². The molecule has 0 bridgehead atoms. The molecule has 7 rings (SSSR count). The van der Waals surface area contributed by atoms with E-state index in [0.29, 0.717) is 0 Å². The maximum atomic E-state index is 6.61. The summed E-state index contributed by atoms with van der Waals surface area (Å²) in [7, 11) is 0. The summed E-state index contributed by atoms with van der Waals surface area (Å²) in [5.41, 5.74) is 12.6. The number of hydrogen-bond donors (Lipinski definition) is 0. The molecule has 0 N–H and O–H groups in total. The zero-order valence-corrected chi connectivity index (χ0v) is 18.1. The van der Waals surface area contributed by atoms with E-state index >= 15 is 0 Å². The van der Waals surface area contributed by atoms with Crippen LogP contribution in [0.1, 0.15) is 22.3 Å². The van der Waals surface area contributed by atoms with Crippen LogP contribution in [0.3, 0.4) is 0 Å². The highest BCUT2D eigenvalue weighted by molar-refractivity contribution is 6.33. The van der Waals surface area contributed by atoms with Gasteiger partial charge in [-0.1, -0.05) is 115 Å². The normalized spacial score (nSPS) is 14.0. The summed E-state index contributed by atoms with van der Waals surface area (Å²) in [6, 6.07) is 41.7. The van der Waals surface area contributed by atoms with Gasteiger partial charge in [0, 0.05) is 10.6 Å². The van der Waals surface area contributed by atoms with Gasteiger partial charge in [-0.3, -0.25) is 0 Å². The Morgan fingerprint density at radius 1 is 0.406 bits per heavy atom. The highest BCUT2D eigenvalue weighted by atomic mass is 35.5. The summed E-state index contributed by atoms with van der Waals surface area (Å²) >= 11 is 6.61. The zero-order valence-electron chi connectivity index (χ0n) is 17.3. The molecule has 5 aromatic rings. The molecule has 0 fully saturated rings. The van der Waals surface area contributed by atoms with E-state index in [9.17, 15) is 0 Å². The van der Waals surface area contributed by atoms with E-state index < -0.39 is 0 Å². The second-order valence-electron chi connectivity index (χ2n) is 8.63. The summed E-state index contributed by atoms with van der Waals surface area (Å²) in [5.74, 6) is 0. The van der Waals surface area contributed by atoms with Gasteiger partial charge in [-0.2, -0.15) is 0 Å². The fourth-order valence-corrected chi connectivity index (χ4v) is 6.20. The first kappa shape index (κ1) is 18.0. The highest BCUT2D eigenvalue weighted by Gasteiger charge is 2.51. The monoisotopic (exact) mass is 426 g/mol. The maximum Gasteiger partial charge on any atom is 0.0725 e. The SMILES string of the molecule is Clc1ccccc1-c1ccc2c(c1)C1(c3ccccc3-c3ccccc31)c1ccccc1-2. The average Bonchev–Trinajstić information content (AvgIpc) is 3.31. The Kier molecular flexibility index (Phi) is 3.63. The van der Waals surface area contributed by atoms with E-state index in [1.54, 1.807) is 0 Å². The van der Waals surface area contributed by atoms with Crippen LogP contribution in [0.25, 0.3) is 33.4 Å². The van der Waals surface area contributed by atoms with Gasteiger partial charge in [-0.25, -0.2) is 0 Å². The van der Waals surface area contributed by atoms with Crippen molar-refractivity contribution in [1.29, 1.82) is 0 Å². The number of rotatable bonds is 1. The van der Waals surface area contributed by atoms with Gasteiger partial charge in [0.1, 0.15) is 0 Å². The van der Waals surface area contributed by atoms with E-state index in [0.717, 1.165) is 16.1 Å². The zero-order chi connectivity index (χ0) is 21.3. The molecule has 0 atom stereocenters. The summed E-state index contributed by atoms with van der Waals surface area (Å²) in [5, 5.41) is 0.782. The van der Waals surface area contributed by atoms with Gasteiger partial charge in [0.2, 0.25) is 0 Å². The molecule has 0 heterocycles. The minimum absolute atomic E-state index is 0.309. The standard InChI is InChI=1S/C31H19Cl/c32-30-16-8-4-9-21(30)20-17-18-25-24-12-3-7-15-28(24)31(29(25)19-20)26-13-5-1-10-22(26)23-11-2-6-14-27(23)31/h1-19H. The molecule has 1 heteroatoms. The molecule has 0 aromatic heterocycles. The van der Waals surface area contributed by atoms with Crippen molar-refractivity contribution >= 4 is 11.6 Å². The van der Waals surface area contributed by atoms with Crippen LogP contribution in [0, 0.1) is 0 Å². The van der Waals surface area contributed by atoms with Crippen molar-refractivity contribution in [3.63, 3.8) is 0 Å². The lowest BCUT2D eigenvalue weighted by atomic mass is 9.70. The third-order valence-corrected chi connectivity index (χ3v) is 7.51. The van der Waals surface area contributed by atoms with Crippen molar-refractivity contribution in [3.8, 4) is 33.4 Å². The van der Waals surface area contributed by atoms with E-state index in [-0.39, 0.29) is 5.41 Å². The van der Waals surface area contributed by atoms with Crippen LogP contribution in [-0.4, -0.2) is 0 Å². The molecule has 32 heavy (non-hydrogen) atoms. The molecule has 2 aliphatic rings. The number of benzene rings is 5. The Morgan fingerprint density at radius 3 is 1.38 bits per heavy atom. The van der Waals surface area contributed by atoms with Gasteiger partial charge in [-0.15, -0.1) is 0 Å². The number of fused-ring (bicyclic) bond motifs is 10. The molecule has 150 valence electrons. The quantitative estimate of drug-likeness (QED) is 0.247. The first-order chi connectivity index (χ1) is 15.8. The van der Waals surface area contributed by atoms with Gasteiger partial charge in [0.05, 0.1) is 5.41 Å². The maximum absolute atomic E-state index is 6.61. The molecular formula is C31H19Cl. The van der Waals surface area contributed by atoms with Crippen LogP contribution >= 0.6 is 11.6 Å². The largest absolute Gasteiger partial charge is 0.0837 e. The van der Waals surface area contributed by atoms with Crippen LogP contribution in [0.15, 0.2) is 115 Å². The average molecular weight is 427 g/mol. The van der Waals surface area contributed by atoms with Gasteiger partial charge < -0.3 is 0 Å². The fraction of sp³-hybridized carbons (Fsp3) is 0.0323. The van der Waals surface area contributed by atoms with Crippen molar-refractivity contribution in [3.05, 3.63) is 143 Å². The van der Waals surface area contributed by atoms with Crippen molar-refractivity contribution < 1.29 is 0 Å². The molecule has 0 aliphatic heterocycles. The molecule has 0 nitrogen and oxygen atoms in total. The van der Waals surface area contributed by atoms with Crippen molar-refractivity contribution in [2.24, 2.45) is 0 Å². The topological polar surface area (TPSA) is 0 Å². The lowest BCUT2D eigenvalue weighted by Crippen LogP contribution is -2.25. The number of hydrogen-bond acceptors (Lipinski definition) is 0. The predicted molar refractivity (Wildman–Crippen MR) is 133 cm³/mol. The Morgan fingerprint density at radius 2 is 0.844 bits per heavy atom. The Bertz CT molecular complexity index is 1480. The molecule has 2 aliphatic carbocycles. The Labute approximate surface area is 192 Å². The van der Waals surface area contributed by atoms with E-state index in [4.69, 9.17) is 11.6 Å². The molecule has 0 unspecified atom stereocenters. The molecular weight excluding hydrogens is 408 g/mol. The van der Waals surface area contributed by atoms with Crippen molar-refractivity contribution in [2.45, 2.75) is 5.41 Å². The van der Waals surface area contributed by atoms with E-state index in [2.05, 4.69) is 103 Å². The van der Waals surface area contributed by atoms with Crippen LogP contribution in [-0.2, 0) is 5.41 Å². The van der Waals surface area contributed by atoms with E-state index in [1.807, 2.05) is 12.1 Å². The predicted octanol–water partition coefficient (Wildman–Crippen LogP) is 8.35. The highest BCUT2D eigenvalue weighted by Crippen LogP contribution is 2.62. The summed E-state index contributed by atoms with van der Waals surface area (Å²) in [6.07, 6.45) is 0. The van der Waals surface area contributed by atoms with Gasteiger partial charge in [0.25, 0.3) is 0 Å². The van der Waals surface area contributed by atoms with Crippen LogP contribution in [0.4, 0.5) is 0 Å². The minimum atomic E-state index is -0.309. The molecule has 0 saturated carbocycles. The molecule has 0 saturated heterocycles. The molecule has 0 amide bonds. The van der Waals surface area contributed by atoms with Crippen LogP contribution in [0.5, 0.6) is 0 Å². The Balaban J connectivity index is 1.64. The van der Waals surface area contributed by atoms with Crippen LogP contribution < -0.4 is 0 Å². The lowest BCUT2D eigenvalue weighted by Gasteiger charge is -2.30. The van der Waals surface area contributed by atoms with Gasteiger partial charge >= 0.3 is 0 Å². The number of halogens is 1. The second-order valence-corrected chi connectivity index (χ2v) is 9.03. The van der Waals surface area contributed by atoms with Crippen molar-refractivity contribution in [2.75, 3.05) is 0 Å². The fourth-order valence-electron chi connectivity index (χ4n) is 5.96. The smallest absolute Gasteiger partial charge is 0.0725 e. The molecule has 1 spiro atoms. The third kappa shape index (κ3) is 2.13.